The predicted molar refractivity (Wildman–Crippen MR) is 135 cm³/mol. The number of carbonyl (C=O) groups excluding carboxylic acids is 2. The van der Waals surface area contributed by atoms with E-state index in [9.17, 15) is 18.0 Å². The monoisotopic (exact) mass is 509 g/mol. The molecule has 1 N–H and O–H groups in total. The van der Waals surface area contributed by atoms with Crippen molar-refractivity contribution in [3.8, 4) is 5.75 Å². The second kappa shape index (κ2) is 12.1. The molecule has 0 heterocycles. The summed E-state index contributed by atoms with van der Waals surface area (Å²) in [6.07, 6.45) is 1.77. The van der Waals surface area contributed by atoms with Crippen molar-refractivity contribution in [2.75, 3.05) is 24.2 Å². The molecule has 0 aromatic heterocycles. The minimum Gasteiger partial charge on any atom is -0.497 e. The van der Waals surface area contributed by atoms with Crippen LogP contribution in [0.15, 0.2) is 48.5 Å². The van der Waals surface area contributed by atoms with Gasteiger partial charge in [0.2, 0.25) is 21.8 Å². The molecule has 0 aliphatic heterocycles. The van der Waals surface area contributed by atoms with E-state index in [2.05, 4.69) is 5.32 Å². The van der Waals surface area contributed by atoms with Gasteiger partial charge in [-0.1, -0.05) is 30.7 Å². The highest BCUT2D eigenvalue weighted by Gasteiger charge is 2.30. The molecule has 2 atom stereocenters. The van der Waals surface area contributed by atoms with Crippen LogP contribution in [-0.2, 0) is 26.2 Å². The second-order valence-corrected chi connectivity index (χ2v) is 10.5. The van der Waals surface area contributed by atoms with Gasteiger partial charge in [0.05, 0.1) is 19.1 Å². The molecule has 0 fully saturated rings. The molecule has 8 nitrogen and oxygen atoms in total. The van der Waals surface area contributed by atoms with E-state index in [1.165, 1.54) is 17.0 Å². The first-order chi connectivity index (χ1) is 16.0. The van der Waals surface area contributed by atoms with Gasteiger partial charge in [0, 0.05) is 17.6 Å². The van der Waals surface area contributed by atoms with Gasteiger partial charge in [-0.3, -0.25) is 13.9 Å². The summed E-state index contributed by atoms with van der Waals surface area (Å²) < 4.78 is 31.2. The molecule has 0 saturated carbocycles. The fourth-order valence-electron chi connectivity index (χ4n) is 3.20. The molecule has 2 aromatic rings. The van der Waals surface area contributed by atoms with E-state index in [0.29, 0.717) is 16.5 Å². The van der Waals surface area contributed by atoms with E-state index in [4.69, 9.17) is 16.3 Å². The normalized spacial score (nSPS) is 13.0. The Balaban J connectivity index is 2.36. The van der Waals surface area contributed by atoms with Crippen LogP contribution >= 0.6 is 11.6 Å². The van der Waals surface area contributed by atoms with Gasteiger partial charge in [-0.25, -0.2) is 8.42 Å². The number of benzene rings is 2. The summed E-state index contributed by atoms with van der Waals surface area (Å²) in [6, 6.07) is 12.4. The molecule has 2 aromatic carbocycles. The van der Waals surface area contributed by atoms with Crippen molar-refractivity contribution in [3.05, 3.63) is 59.1 Å². The maximum absolute atomic E-state index is 13.5. The van der Waals surface area contributed by atoms with Crippen LogP contribution in [0.3, 0.4) is 0 Å². The third-order valence-electron chi connectivity index (χ3n) is 5.47. The van der Waals surface area contributed by atoms with Crippen LogP contribution in [0.5, 0.6) is 5.75 Å². The largest absolute Gasteiger partial charge is 0.497 e. The second-order valence-electron chi connectivity index (χ2n) is 8.11. The lowest BCUT2D eigenvalue weighted by molar-refractivity contribution is -0.139. The molecule has 2 amide bonds. The van der Waals surface area contributed by atoms with Gasteiger partial charge < -0.3 is 15.0 Å². The Labute approximate surface area is 206 Å². The SMILES string of the molecule is CC[C@@H](C)NC(=O)[C@H](C)N(Cc1ccc(OC)cc1)C(=O)CN(c1ccc(Cl)cc1)S(C)(=O)=O. The lowest BCUT2D eigenvalue weighted by Gasteiger charge is -2.32. The molecule has 0 radical (unpaired) electrons. The molecule has 0 unspecified atom stereocenters. The van der Waals surface area contributed by atoms with Crippen molar-refractivity contribution in [3.63, 3.8) is 0 Å². The minimum atomic E-state index is -3.78. The average molecular weight is 510 g/mol. The Morgan fingerprint density at radius 2 is 1.65 bits per heavy atom. The van der Waals surface area contributed by atoms with Crippen molar-refractivity contribution in [2.24, 2.45) is 0 Å². The molecule has 34 heavy (non-hydrogen) atoms. The highest BCUT2D eigenvalue weighted by atomic mass is 35.5. The number of anilines is 1. The molecule has 2 rings (SSSR count). The summed E-state index contributed by atoms with van der Waals surface area (Å²) in [5.74, 6) is -0.160. The number of halogens is 1. The first kappa shape index (κ1) is 27.5. The lowest BCUT2D eigenvalue weighted by Crippen LogP contribution is -2.52. The zero-order chi connectivity index (χ0) is 25.5. The molecule has 0 aliphatic rings. The van der Waals surface area contributed by atoms with Gasteiger partial charge in [0.1, 0.15) is 18.3 Å². The number of nitrogens with one attached hydrogen (secondary N) is 1. The Morgan fingerprint density at radius 1 is 1.06 bits per heavy atom. The van der Waals surface area contributed by atoms with E-state index in [-0.39, 0.29) is 18.5 Å². The third kappa shape index (κ3) is 7.63. The first-order valence-corrected chi connectivity index (χ1v) is 13.1. The third-order valence-corrected chi connectivity index (χ3v) is 6.87. The topological polar surface area (TPSA) is 96.0 Å². The van der Waals surface area contributed by atoms with Crippen molar-refractivity contribution >= 4 is 39.1 Å². The predicted octanol–water partition coefficient (Wildman–Crippen LogP) is 3.45. The zero-order valence-electron chi connectivity index (χ0n) is 20.1. The van der Waals surface area contributed by atoms with E-state index in [1.807, 2.05) is 13.8 Å². The summed E-state index contributed by atoms with van der Waals surface area (Å²) in [5, 5.41) is 3.34. The summed E-state index contributed by atoms with van der Waals surface area (Å²) in [7, 11) is -2.23. The Morgan fingerprint density at radius 3 is 2.15 bits per heavy atom. The van der Waals surface area contributed by atoms with Gasteiger partial charge in [0.25, 0.3) is 0 Å². The summed E-state index contributed by atoms with van der Waals surface area (Å²) in [6.45, 7) is 5.12. The van der Waals surface area contributed by atoms with Gasteiger partial charge in [-0.2, -0.15) is 0 Å². The van der Waals surface area contributed by atoms with E-state index in [0.717, 1.165) is 22.5 Å². The molecule has 186 valence electrons. The van der Waals surface area contributed by atoms with Crippen molar-refractivity contribution in [1.82, 2.24) is 10.2 Å². The number of sulfonamides is 1. The van der Waals surface area contributed by atoms with Crippen LogP contribution in [0.1, 0.15) is 32.8 Å². The van der Waals surface area contributed by atoms with Gasteiger partial charge >= 0.3 is 0 Å². The van der Waals surface area contributed by atoms with Gasteiger partial charge in [-0.15, -0.1) is 0 Å². The van der Waals surface area contributed by atoms with Crippen LogP contribution in [0, 0.1) is 0 Å². The Kier molecular flexibility index (Phi) is 9.76. The zero-order valence-corrected chi connectivity index (χ0v) is 21.7. The Bertz CT molecular complexity index is 1070. The number of amides is 2. The van der Waals surface area contributed by atoms with E-state index >= 15 is 0 Å². The standard InChI is InChI=1S/C24H32ClN3O5S/c1-6-17(2)26-24(30)18(3)27(15-19-7-13-22(33-4)14-8-19)23(29)16-28(34(5,31)32)21-11-9-20(25)10-12-21/h7-14,17-18H,6,15-16H2,1-5H3,(H,26,30)/t17-,18+/m1/s1. The van der Waals surface area contributed by atoms with E-state index < -0.39 is 28.5 Å². The van der Waals surface area contributed by atoms with E-state index in [1.54, 1.807) is 50.4 Å². The smallest absolute Gasteiger partial charge is 0.244 e. The number of carbonyl (C=O) groups is 2. The maximum Gasteiger partial charge on any atom is 0.244 e. The van der Waals surface area contributed by atoms with Crippen LogP contribution in [0.25, 0.3) is 0 Å². The summed E-state index contributed by atoms with van der Waals surface area (Å²) >= 11 is 5.93. The molecular weight excluding hydrogens is 478 g/mol. The number of hydrogen-bond acceptors (Lipinski definition) is 5. The summed E-state index contributed by atoms with van der Waals surface area (Å²) in [4.78, 5) is 27.7. The van der Waals surface area contributed by atoms with Crippen LogP contribution in [0.4, 0.5) is 5.69 Å². The fraction of sp³-hybridized carbons (Fsp3) is 0.417. The fourth-order valence-corrected chi connectivity index (χ4v) is 4.17. The first-order valence-electron chi connectivity index (χ1n) is 10.9. The average Bonchev–Trinajstić information content (AvgIpc) is 2.80. The number of ether oxygens (including phenoxy) is 1. The van der Waals surface area contributed by atoms with Crippen LogP contribution in [0.2, 0.25) is 5.02 Å². The molecule has 0 aliphatic carbocycles. The number of nitrogens with zero attached hydrogens (tertiary/aromatic N) is 2. The van der Waals surface area contributed by atoms with Gasteiger partial charge in [-0.05, 0) is 62.2 Å². The number of rotatable bonds is 11. The number of hydrogen-bond donors (Lipinski definition) is 1. The Hall–Kier alpha value is -2.78. The molecule has 10 heteroatoms. The molecular formula is C24H32ClN3O5S. The van der Waals surface area contributed by atoms with Crippen molar-refractivity contribution in [1.29, 1.82) is 0 Å². The lowest BCUT2D eigenvalue weighted by atomic mass is 10.1. The number of methoxy groups -OCH3 is 1. The molecule has 0 spiro atoms. The van der Waals surface area contributed by atoms with Gasteiger partial charge in [0.15, 0.2) is 0 Å². The molecule has 0 saturated heterocycles. The van der Waals surface area contributed by atoms with Crippen molar-refractivity contribution in [2.45, 2.75) is 45.8 Å². The minimum absolute atomic E-state index is 0.0607. The molecule has 0 bridgehead atoms. The maximum atomic E-state index is 13.5. The highest BCUT2D eigenvalue weighted by molar-refractivity contribution is 7.92. The quantitative estimate of drug-likeness (QED) is 0.500. The van der Waals surface area contributed by atoms with Crippen molar-refractivity contribution < 1.29 is 22.7 Å². The summed E-state index contributed by atoms with van der Waals surface area (Å²) in [5.41, 5.74) is 1.08. The van der Waals surface area contributed by atoms with Crippen LogP contribution in [-0.4, -0.2) is 57.1 Å². The van der Waals surface area contributed by atoms with Crippen LogP contribution < -0.4 is 14.4 Å². The highest BCUT2D eigenvalue weighted by Crippen LogP contribution is 2.22.